The molecule has 5 aromatic rings. The van der Waals surface area contributed by atoms with E-state index in [1.807, 2.05) is 18.2 Å². The average molecular weight is 648 g/mol. The highest BCUT2D eigenvalue weighted by Gasteiger charge is 2.47. The number of aliphatic hydroxyl groups excluding tert-OH is 1. The number of hydrogen-bond acceptors (Lipinski definition) is 11. The Hall–Kier alpha value is -4.65. The van der Waals surface area contributed by atoms with Crippen LogP contribution in [0.5, 0.6) is 5.75 Å². The van der Waals surface area contributed by atoms with E-state index in [-0.39, 0.29) is 22.0 Å². The molecule has 222 valence electrons. The lowest BCUT2D eigenvalue weighted by molar-refractivity contribution is -0.117. The number of esters is 1. The van der Waals surface area contributed by atoms with E-state index in [0.717, 1.165) is 16.9 Å². The third-order valence-electron chi connectivity index (χ3n) is 6.96. The van der Waals surface area contributed by atoms with Gasteiger partial charge in [-0.15, -0.1) is 10.2 Å². The van der Waals surface area contributed by atoms with Gasteiger partial charge in [0, 0.05) is 16.2 Å². The topological polar surface area (TPSA) is 132 Å². The third kappa shape index (κ3) is 5.32. The van der Waals surface area contributed by atoms with E-state index in [1.165, 1.54) is 49.1 Å². The van der Waals surface area contributed by atoms with E-state index in [0.29, 0.717) is 37.4 Å². The van der Waals surface area contributed by atoms with E-state index < -0.39 is 29.5 Å². The number of ether oxygens (including phenoxy) is 2. The smallest absolute Gasteiger partial charge is 0.337 e. The summed E-state index contributed by atoms with van der Waals surface area (Å²) in [6, 6.07) is 19.2. The molecular weight excluding hydrogens is 626 g/mol. The van der Waals surface area contributed by atoms with Crippen molar-refractivity contribution in [2.24, 2.45) is 0 Å². The van der Waals surface area contributed by atoms with Crippen molar-refractivity contribution in [3.05, 3.63) is 112 Å². The van der Waals surface area contributed by atoms with Gasteiger partial charge >= 0.3 is 5.97 Å². The van der Waals surface area contributed by atoms with Gasteiger partial charge in [0.2, 0.25) is 10.9 Å². The summed E-state index contributed by atoms with van der Waals surface area (Å²) in [4.78, 5) is 40.9. The number of fused-ring (bicyclic) bond motifs is 1. The Kier molecular flexibility index (Phi) is 8.13. The molecule has 3 heterocycles. The molecule has 0 saturated heterocycles. The van der Waals surface area contributed by atoms with Gasteiger partial charge in [-0.3, -0.25) is 14.5 Å². The zero-order chi connectivity index (χ0) is 31.0. The van der Waals surface area contributed by atoms with Crippen LogP contribution in [0.15, 0.2) is 92.9 Å². The van der Waals surface area contributed by atoms with E-state index in [1.54, 1.807) is 36.4 Å². The van der Waals surface area contributed by atoms with Crippen LogP contribution in [0.1, 0.15) is 38.1 Å². The van der Waals surface area contributed by atoms with Crippen molar-refractivity contribution >= 4 is 68.5 Å². The first-order chi connectivity index (χ1) is 21.3. The van der Waals surface area contributed by atoms with Crippen molar-refractivity contribution in [2.75, 3.05) is 19.1 Å². The molecule has 2 aromatic heterocycles. The quantitative estimate of drug-likeness (QED) is 0.0787. The molecule has 10 nitrogen and oxygen atoms in total. The number of rotatable bonds is 9. The number of halogens is 1. The van der Waals surface area contributed by atoms with Crippen molar-refractivity contribution in [2.45, 2.75) is 16.1 Å². The summed E-state index contributed by atoms with van der Waals surface area (Å²) in [7, 11) is 2.75. The number of hydrogen-bond donors (Lipinski definition) is 1. The van der Waals surface area contributed by atoms with Gasteiger partial charge in [0.15, 0.2) is 27.2 Å². The first-order valence-corrected chi connectivity index (χ1v) is 15.2. The summed E-state index contributed by atoms with van der Waals surface area (Å²) in [5.74, 6) is -1.97. The molecule has 6 rings (SSSR count). The number of carbonyl (C=O) groups excluding carboxylic acids is 3. The summed E-state index contributed by atoms with van der Waals surface area (Å²) in [6.45, 7) is 0. The van der Waals surface area contributed by atoms with Crippen LogP contribution in [0, 0.1) is 0 Å². The van der Waals surface area contributed by atoms with Gasteiger partial charge < -0.3 is 19.0 Å². The summed E-state index contributed by atoms with van der Waals surface area (Å²) in [5.41, 5.74) is 1.76. The zero-order valence-corrected chi connectivity index (χ0v) is 25.5. The molecule has 3 aromatic carbocycles. The molecule has 0 aliphatic carbocycles. The summed E-state index contributed by atoms with van der Waals surface area (Å²) in [5, 5.41) is 21.0. The maximum Gasteiger partial charge on any atom is 0.337 e. The lowest BCUT2D eigenvalue weighted by Crippen LogP contribution is -2.31. The fourth-order valence-corrected chi connectivity index (χ4v) is 6.98. The second kappa shape index (κ2) is 12.2. The molecule has 0 radical (unpaired) electrons. The van der Waals surface area contributed by atoms with Crippen molar-refractivity contribution in [1.82, 2.24) is 10.2 Å². The van der Waals surface area contributed by atoms with E-state index in [4.69, 9.17) is 25.5 Å². The average Bonchev–Trinajstić information content (AvgIpc) is 3.76. The number of aromatic nitrogens is 2. The number of aliphatic hydroxyl groups is 1. The molecule has 1 aliphatic heterocycles. The van der Waals surface area contributed by atoms with Crippen LogP contribution in [-0.4, -0.2) is 47.2 Å². The van der Waals surface area contributed by atoms with Crippen LogP contribution < -0.4 is 9.64 Å². The monoisotopic (exact) mass is 647 g/mol. The minimum atomic E-state index is -1.11. The van der Waals surface area contributed by atoms with Crippen LogP contribution in [0.4, 0.5) is 5.13 Å². The maximum atomic E-state index is 14.0. The van der Waals surface area contributed by atoms with Gasteiger partial charge in [0.05, 0.1) is 31.4 Å². The second-order valence-corrected chi connectivity index (χ2v) is 12.1. The first kappa shape index (κ1) is 29.4. The fraction of sp³-hybridized carbons (Fsp3) is 0.129. The van der Waals surface area contributed by atoms with Gasteiger partial charge in [0.25, 0.3) is 5.91 Å². The number of para-hydroxylation sites is 1. The molecular formula is C31H22ClN3O7S2. The molecule has 1 atom stereocenters. The number of thioether (sulfide) groups is 1. The number of benzene rings is 3. The standard InChI is InChI=1S/C31H22ClN3O7S2/c1-40-21-9-5-7-18-14-22(42-27(18)21)25(36)23-24(16-10-12-17(13-11-16)29(39)41-2)35(28(38)26(23)37)30-33-34-31(44-30)43-15-19-6-3-4-8-20(19)32/h3-14,24,37H,15H2,1-2H3. The molecule has 1 N–H and O–H groups in total. The van der Waals surface area contributed by atoms with Crippen molar-refractivity contribution in [3.63, 3.8) is 0 Å². The molecule has 1 unspecified atom stereocenters. The van der Waals surface area contributed by atoms with Gasteiger partial charge in [-0.25, -0.2) is 4.79 Å². The lowest BCUT2D eigenvalue weighted by Gasteiger charge is -2.24. The number of Topliss-reactive ketones (excluding diaryl/α,β-unsaturated/α-hetero) is 1. The Balaban J connectivity index is 1.39. The summed E-state index contributed by atoms with van der Waals surface area (Å²) in [6.07, 6.45) is 0. The highest BCUT2D eigenvalue weighted by atomic mass is 35.5. The Labute approximate surface area is 263 Å². The Morgan fingerprint density at radius 1 is 1.07 bits per heavy atom. The summed E-state index contributed by atoms with van der Waals surface area (Å²) < 4.78 is 16.6. The molecule has 44 heavy (non-hydrogen) atoms. The number of carbonyl (C=O) groups is 3. The van der Waals surface area contributed by atoms with Gasteiger partial charge in [0.1, 0.15) is 0 Å². The van der Waals surface area contributed by atoms with E-state index >= 15 is 0 Å². The predicted octanol–water partition coefficient (Wildman–Crippen LogP) is 6.81. The maximum absolute atomic E-state index is 14.0. The number of nitrogens with zero attached hydrogens (tertiary/aromatic N) is 3. The third-order valence-corrected chi connectivity index (χ3v) is 9.44. The van der Waals surface area contributed by atoms with Crippen LogP contribution in [0.25, 0.3) is 11.0 Å². The second-order valence-electron chi connectivity index (χ2n) is 9.50. The molecule has 0 bridgehead atoms. The molecule has 13 heteroatoms. The van der Waals surface area contributed by atoms with Crippen LogP contribution in [-0.2, 0) is 15.3 Å². The van der Waals surface area contributed by atoms with E-state index in [2.05, 4.69) is 10.2 Å². The van der Waals surface area contributed by atoms with Gasteiger partial charge in [-0.1, -0.05) is 77.2 Å². The van der Waals surface area contributed by atoms with Crippen molar-refractivity contribution < 1.29 is 33.4 Å². The highest BCUT2D eigenvalue weighted by Crippen LogP contribution is 2.44. The van der Waals surface area contributed by atoms with Crippen LogP contribution in [0.2, 0.25) is 5.02 Å². The molecule has 0 spiro atoms. The molecule has 1 amide bonds. The fourth-order valence-electron chi connectivity index (χ4n) is 4.82. The minimum absolute atomic E-state index is 0.0925. The largest absolute Gasteiger partial charge is 0.503 e. The van der Waals surface area contributed by atoms with Crippen LogP contribution in [0.3, 0.4) is 0 Å². The number of ketones is 1. The van der Waals surface area contributed by atoms with Crippen LogP contribution >= 0.6 is 34.7 Å². The normalized spacial score (nSPS) is 14.8. The van der Waals surface area contributed by atoms with Crippen molar-refractivity contribution in [3.8, 4) is 5.75 Å². The zero-order valence-electron chi connectivity index (χ0n) is 23.1. The number of amides is 1. The number of furan rings is 1. The predicted molar refractivity (Wildman–Crippen MR) is 166 cm³/mol. The summed E-state index contributed by atoms with van der Waals surface area (Å²) >= 11 is 8.81. The first-order valence-electron chi connectivity index (χ1n) is 13.1. The minimum Gasteiger partial charge on any atom is -0.503 e. The van der Waals surface area contributed by atoms with Gasteiger partial charge in [-0.05, 0) is 41.5 Å². The van der Waals surface area contributed by atoms with Crippen molar-refractivity contribution in [1.29, 1.82) is 0 Å². The Bertz CT molecular complexity index is 1950. The molecule has 0 fully saturated rings. The number of anilines is 1. The highest BCUT2D eigenvalue weighted by molar-refractivity contribution is 8.00. The Morgan fingerprint density at radius 3 is 2.57 bits per heavy atom. The van der Waals surface area contributed by atoms with Gasteiger partial charge in [-0.2, -0.15) is 0 Å². The number of methoxy groups -OCH3 is 2. The Morgan fingerprint density at radius 2 is 1.84 bits per heavy atom. The van der Waals surface area contributed by atoms with E-state index in [9.17, 15) is 19.5 Å². The molecule has 1 aliphatic rings. The molecule has 0 saturated carbocycles. The SMILES string of the molecule is COC(=O)c1ccc(C2C(C(=O)c3cc4cccc(OC)c4o3)=C(O)C(=O)N2c2nnc(SCc3ccccc3Cl)s2)cc1. The lowest BCUT2D eigenvalue weighted by atomic mass is 9.94.